The molecular formula is C19H20N2. The molecule has 106 valence electrons. The van der Waals surface area contributed by atoms with Crippen molar-refractivity contribution in [3.63, 3.8) is 0 Å². The Kier molecular flexibility index (Phi) is 4.21. The van der Waals surface area contributed by atoms with Gasteiger partial charge in [0.05, 0.1) is 11.3 Å². The normalized spacial score (nSPS) is 15.4. The number of nitrogens with one attached hydrogen (secondary N) is 1. The summed E-state index contributed by atoms with van der Waals surface area (Å²) in [5.41, 5.74) is 4.06. The lowest BCUT2D eigenvalue weighted by Crippen LogP contribution is -2.22. The van der Waals surface area contributed by atoms with Gasteiger partial charge in [-0.1, -0.05) is 55.7 Å². The topological polar surface area (TPSA) is 35.8 Å². The van der Waals surface area contributed by atoms with E-state index in [1.807, 2.05) is 30.3 Å². The second kappa shape index (κ2) is 6.45. The van der Waals surface area contributed by atoms with Gasteiger partial charge in [0.1, 0.15) is 6.07 Å². The minimum atomic E-state index is 0.511. The van der Waals surface area contributed by atoms with Gasteiger partial charge in [0, 0.05) is 6.04 Å². The lowest BCUT2D eigenvalue weighted by Gasteiger charge is -2.24. The van der Waals surface area contributed by atoms with Crippen LogP contribution in [0.4, 0.5) is 5.69 Å². The second-order valence-corrected chi connectivity index (χ2v) is 5.72. The fraction of sp³-hybridized carbons (Fsp3) is 0.316. The third-order valence-electron chi connectivity index (χ3n) is 4.21. The zero-order chi connectivity index (χ0) is 14.5. The fourth-order valence-corrected chi connectivity index (χ4v) is 3.04. The molecule has 0 amide bonds. The molecule has 0 radical (unpaired) electrons. The maximum Gasteiger partial charge on any atom is 0.101 e. The van der Waals surface area contributed by atoms with E-state index in [1.54, 1.807) is 0 Å². The van der Waals surface area contributed by atoms with Crippen molar-refractivity contribution in [1.82, 2.24) is 0 Å². The lowest BCUT2D eigenvalue weighted by molar-refractivity contribution is 0.462. The number of anilines is 1. The molecule has 2 aromatic carbocycles. The standard InChI is InChI=1S/C19H20N2/c20-14-17-12-11-16(15-7-3-1-4-8-15)13-19(17)21-18-9-5-2-6-10-18/h1,3-4,7-8,11-13,18,21H,2,5-6,9-10H2. The van der Waals surface area contributed by atoms with Crippen LogP contribution >= 0.6 is 0 Å². The summed E-state index contributed by atoms with van der Waals surface area (Å²) in [6, 6.07) is 19.2. The van der Waals surface area contributed by atoms with E-state index in [4.69, 9.17) is 0 Å². The Hall–Kier alpha value is -2.27. The Bertz CT molecular complexity index is 634. The Morgan fingerprint density at radius 2 is 1.67 bits per heavy atom. The second-order valence-electron chi connectivity index (χ2n) is 5.72. The number of nitriles is 1. The highest BCUT2D eigenvalue weighted by atomic mass is 14.9. The van der Waals surface area contributed by atoms with Gasteiger partial charge in [0.15, 0.2) is 0 Å². The smallest absolute Gasteiger partial charge is 0.101 e. The fourth-order valence-electron chi connectivity index (χ4n) is 3.04. The summed E-state index contributed by atoms with van der Waals surface area (Å²) in [4.78, 5) is 0. The molecule has 1 fully saturated rings. The SMILES string of the molecule is N#Cc1ccc(-c2ccccc2)cc1NC1CCCCC1. The molecule has 0 aromatic heterocycles. The Labute approximate surface area is 126 Å². The van der Waals surface area contributed by atoms with Gasteiger partial charge in [0.25, 0.3) is 0 Å². The quantitative estimate of drug-likeness (QED) is 0.859. The first-order valence-electron chi connectivity index (χ1n) is 7.73. The maximum absolute atomic E-state index is 9.32. The zero-order valence-corrected chi connectivity index (χ0v) is 12.2. The third kappa shape index (κ3) is 3.25. The summed E-state index contributed by atoms with van der Waals surface area (Å²) < 4.78 is 0. The van der Waals surface area contributed by atoms with Crippen LogP contribution in [0, 0.1) is 11.3 Å². The van der Waals surface area contributed by atoms with E-state index in [9.17, 15) is 5.26 Å². The number of hydrogen-bond acceptors (Lipinski definition) is 2. The minimum Gasteiger partial charge on any atom is -0.381 e. The largest absolute Gasteiger partial charge is 0.381 e. The summed E-state index contributed by atoms with van der Waals surface area (Å²) in [5, 5.41) is 12.9. The number of rotatable bonds is 3. The van der Waals surface area contributed by atoms with Crippen LogP contribution in [0.3, 0.4) is 0 Å². The van der Waals surface area contributed by atoms with E-state index < -0.39 is 0 Å². The first kappa shape index (κ1) is 13.7. The molecule has 1 aliphatic carbocycles. The third-order valence-corrected chi connectivity index (χ3v) is 4.21. The molecule has 0 saturated heterocycles. The van der Waals surface area contributed by atoms with Crippen molar-refractivity contribution in [3.05, 3.63) is 54.1 Å². The van der Waals surface area contributed by atoms with Crippen LogP contribution in [0.5, 0.6) is 0 Å². The highest BCUT2D eigenvalue weighted by Gasteiger charge is 2.15. The average molecular weight is 276 g/mol. The summed E-state index contributed by atoms with van der Waals surface area (Å²) in [6.07, 6.45) is 6.34. The van der Waals surface area contributed by atoms with Crippen LogP contribution in [-0.2, 0) is 0 Å². The molecule has 2 heteroatoms. The van der Waals surface area contributed by atoms with E-state index in [2.05, 4.69) is 29.6 Å². The van der Waals surface area contributed by atoms with E-state index in [0.717, 1.165) is 16.8 Å². The van der Waals surface area contributed by atoms with E-state index in [-0.39, 0.29) is 0 Å². The van der Waals surface area contributed by atoms with Crippen molar-refractivity contribution in [2.24, 2.45) is 0 Å². The monoisotopic (exact) mass is 276 g/mol. The Morgan fingerprint density at radius 3 is 2.38 bits per heavy atom. The summed E-state index contributed by atoms with van der Waals surface area (Å²) in [7, 11) is 0. The van der Waals surface area contributed by atoms with Gasteiger partial charge in [-0.15, -0.1) is 0 Å². The van der Waals surface area contributed by atoms with Gasteiger partial charge in [-0.25, -0.2) is 0 Å². The van der Waals surface area contributed by atoms with Crippen LogP contribution in [-0.4, -0.2) is 6.04 Å². The van der Waals surface area contributed by atoms with Crippen molar-refractivity contribution in [2.45, 2.75) is 38.1 Å². The Morgan fingerprint density at radius 1 is 0.905 bits per heavy atom. The predicted molar refractivity (Wildman–Crippen MR) is 87.1 cm³/mol. The van der Waals surface area contributed by atoms with Crippen LogP contribution in [0.2, 0.25) is 0 Å². The first-order chi connectivity index (χ1) is 10.4. The van der Waals surface area contributed by atoms with Crippen LogP contribution < -0.4 is 5.32 Å². The molecule has 1 aliphatic rings. The maximum atomic E-state index is 9.32. The predicted octanol–water partition coefficient (Wildman–Crippen LogP) is 4.97. The highest BCUT2D eigenvalue weighted by molar-refractivity contribution is 5.72. The van der Waals surface area contributed by atoms with Crippen LogP contribution in [0.25, 0.3) is 11.1 Å². The molecule has 2 aromatic rings. The van der Waals surface area contributed by atoms with Gasteiger partial charge in [-0.3, -0.25) is 0 Å². The van der Waals surface area contributed by atoms with E-state index in [1.165, 1.54) is 37.7 Å². The molecule has 0 spiro atoms. The molecule has 3 rings (SSSR count). The van der Waals surface area contributed by atoms with Crippen LogP contribution in [0.1, 0.15) is 37.7 Å². The Balaban J connectivity index is 1.88. The first-order valence-corrected chi connectivity index (χ1v) is 7.73. The number of benzene rings is 2. The highest BCUT2D eigenvalue weighted by Crippen LogP contribution is 2.28. The van der Waals surface area contributed by atoms with Crippen molar-refractivity contribution in [2.75, 3.05) is 5.32 Å². The molecule has 0 atom stereocenters. The number of hydrogen-bond donors (Lipinski definition) is 1. The van der Waals surface area contributed by atoms with E-state index >= 15 is 0 Å². The average Bonchev–Trinajstić information content (AvgIpc) is 2.56. The van der Waals surface area contributed by atoms with Crippen molar-refractivity contribution in [1.29, 1.82) is 5.26 Å². The van der Waals surface area contributed by atoms with Crippen molar-refractivity contribution in [3.8, 4) is 17.2 Å². The lowest BCUT2D eigenvalue weighted by atomic mass is 9.94. The van der Waals surface area contributed by atoms with Crippen molar-refractivity contribution >= 4 is 5.69 Å². The van der Waals surface area contributed by atoms with Gasteiger partial charge in [0.2, 0.25) is 0 Å². The molecule has 1 saturated carbocycles. The molecular weight excluding hydrogens is 256 g/mol. The van der Waals surface area contributed by atoms with E-state index in [0.29, 0.717) is 6.04 Å². The number of nitrogens with zero attached hydrogens (tertiary/aromatic N) is 1. The summed E-state index contributed by atoms with van der Waals surface area (Å²) in [6.45, 7) is 0. The molecule has 1 N–H and O–H groups in total. The van der Waals surface area contributed by atoms with Gasteiger partial charge in [-0.05, 0) is 36.1 Å². The molecule has 0 heterocycles. The van der Waals surface area contributed by atoms with Crippen molar-refractivity contribution < 1.29 is 0 Å². The zero-order valence-electron chi connectivity index (χ0n) is 12.2. The minimum absolute atomic E-state index is 0.511. The molecule has 2 nitrogen and oxygen atoms in total. The molecule has 0 bridgehead atoms. The van der Waals surface area contributed by atoms with Crippen LogP contribution in [0.15, 0.2) is 48.5 Å². The van der Waals surface area contributed by atoms with Gasteiger partial charge < -0.3 is 5.32 Å². The van der Waals surface area contributed by atoms with Gasteiger partial charge in [-0.2, -0.15) is 5.26 Å². The molecule has 21 heavy (non-hydrogen) atoms. The summed E-state index contributed by atoms with van der Waals surface area (Å²) >= 11 is 0. The molecule has 0 aliphatic heterocycles. The van der Waals surface area contributed by atoms with Gasteiger partial charge >= 0.3 is 0 Å². The summed E-state index contributed by atoms with van der Waals surface area (Å²) in [5.74, 6) is 0. The molecule has 0 unspecified atom stereocenters.